The number of piperidine rings is 9. The van der Waals surface area contributed by atoms with Gasteiger partial charge >= 0.3 is 0 Å². The van der Waals surface area contributed by atoms with Crippen molar-refractivity contribution in [3.8, 4) is 0 Å². The molecule has 1 aromatic carbocycles. The second kappa shape index (κ2) is 44.2. The summed E-state index contributed by atoms with van der Waals surface area (Å²) in [5.74, 6) is 0.328. The van der Waals surface area contributed by atoms with Gasteiger partial charge in [0, 0.05) is 175 Å². The Morgan fingerprint density at radius 2 is 0.657 bits per heavy atom. The topological polar surface area (TPSA) is 352 Å². The Morgan fingerprint density at radius 1 is 0.409 bits per heavy atom. The SMILES string of the molecule is CC1(C)CC(=O)CC(C)(C)N1[O-].CC1(C)CC(N(C(=O)CBr)C2CC(C)(C)N([O-])C(C)(C)C2)CC(C)(C)N1[O-].CC1(C)CC(N(C(=O)Cn2ccnc2)C2CC(C)(C)N([O-])C(C)(C)C2)CC(C)(C)N1[O-].CC1(C)CC(NC2CC(C)(C)N([O-])C(C)(C)C2)CC(C)(C)N1[O-].CCCc1ccc(C[n+]2ccn(CC(=O)N(C3CC(C)(C)N([O-])C(C)(C)C3)C3CC(C)(C)[NH+](O)C(C)(C)C3)c2)cc1.[B]P.[Br-]. The first kappa shape index (κ1) is 122. The highest BCUT2D eigenvalue weighted by Gasteiger charge is 2.57. The van der Waals surface area contributed by atoms with Crippen molar-refractivity contribution in [3.63, 3.8) is 0 Å². The quantitative estimate of drug-likeness (QED) is 0.0489. The van der Waals surface area contributed by atoms with E-state index < -0.39 is 77.5 Å². The first-order chi connectivity index (χ1) is 61.5. The zero-order valence-corrected chi connectivity index (χ0v) is 95.7. The van der Waals surface area contributed by atoms with Crippen molar-refractivity contribution in [2.24, 2.45) is 0 Å². The fraction of sp³-hybridized carbons (Fsp3) is 0.845. The Balaban J connectivity index is 0.000000271. The highest BCUT2D eigenvalue weighted by atomic mass is 79.9. The van der Waals surface area contributed by atoms with Crippen LogP contribution in [0.3, 0.4) is 0 Å². The molecule has 34 heteroatoms. The van der Waals surface area contributed by atoms with E-state index in [-0.39, 0.29) is 117 Å². The Kier molecular flexibility index (Phi) is 39.4. The van der Waals surface area contributed by atoms with Gasteiger partial charge in [0.2, 0.25) is 18.1 Å². The van der Waals surface area contributed by atoms with Crippen molar-refractivity contribution in [1.82, 2.24) is 74.6 Å². The molecule has 9 aliphatic heterocycles. The Morgan fingerprint density at radius 3 is 0.920 bits per heavy atom. The molecular formula is C103H182BBr2N17O13P-7. The van der Waals surface area contributed by atoms with Gasteiger partial charge in [-0.15, -0.1) is 0 Å². The van der Waals surface area contributed by atoms with Crippen molar-refractivity contribution < 1.29 is 51.0 Å². The molecule has 0 aliphatic carbocycles. The van der Waals surface area contributed by atoms with E-state index >= 15 is 0 Å². The Labute approximate surface area is 848 Å². The number of aromatic nitrogens is 4. The predicted molar refractivity (Wildman–Crippen MR) is 556 cm³/mol. The number of nitrogens with zero attached hydrogens (tertiary/aromatic N) is 15. The average molecular weight is 2070 g/mol. The summed E-state index contributed by atoms with van der Waals surface area (Å²) < 4.78 is 5.88. The lowest BCUT2D eigenvalue weighted by atomic mass is 9.74. The lowest BCUT2D eigenvalue weighted by Gasteiger charge is -2.64. The van der Waals surface area contributed by atoms with Gasteiger partial charge in [0.25, 0.3) is 5.91 Å². The van der Waals surface area contributed by atoms with Gasteiger partial charge in [-0.3, -0.25) is 19.2 Å². The number of amides is 3. The standard InChI is InChI=1S/C33H53N5O3.C23H39N5O3.C20H36BrN3O3.C18H35N3O2.C9H16NO2.BH2P.BrH/c1-10-11-25-12-14-26(15-13-25)22-34-16-17-35(24-34)23-29(39)36(27-18-30(2,3)37(40)31(4,5)19-27)28-20-32(6,7)38(41)33(8,9)21-28;1-20(2)11-17(12-21(3,4)27(20)30)26(19(29)15-25-10-9-24-16-25)18-13-22(5,6)28(31)23(7,8)14-18;1-17(2)9-14(10-18(3,4)23(17)26)22(16(25)13-21)15-11-19(5,6)24(27)20(7,8)12-15;1-15(2)9-13(10-16(3,4)20(15)22)19-14-11-17(5,6)21(23)18(7,8)12-14;1-8(2)5-7(11)6-9(3,4)10(8)12;1-2;/h12-17,24,27-28,40H,10-11,18-23H2,1-9H3;9-10,16-18H,11-15H2,1-8H3;14-15H,9-13H2,1-8H3;13-14,19H,9-12H2,1-8H3;5-6H2,1-4H3;2H2;1H/q;3*-2;-1;;. The highest BCUT2D eigenvalue weighted by molar-refractivity contribution is 9.09. The third kappa shape index (κ3) is 29.3. The molecule has 2 aromatic heterocycles. The minimum atomic E-state index is -0.581. The number of quaternary nitrogens is 1. The number of hydrogen-bond acceptors (Lipinski definition) is 23. The van der Waals surface area contributed by atoms with E-state index in [2.05, 4.69) is 102 Å². The van der Waals surface area contributed by atoms with Crippen LogP contribution in [-0.2, 0) is 45.2 Å². The second-order valence-corrected chi connectivity index (χ2v) is 53.8. The monoisotopic (exact) mass is 2070 g/mol. The molecule has 3 N–H and O–H groups in total. The number of carbonyl (C=O) groups excluding carboxylic acids is 4. The molecule has 3 aromatic rings. The number of halogens is 2. The summed E-state index contributed by atoms with van der Waals surface area (Å²) in [5.41, 5.74) is -6.34. The third-order valence-electron chi connectivity index (χ3n) is 30.8. The number of rotatable bonds is 17. The van der Waals surface area contributed by atoms with Crippen LogP contribution in [0.1, 0.15) is 389 Å². The van der Waals surface area contributed by atoms with E-state index in [0.717, 1.165) is 50.1 Å². The van der Waals surface area contributed by atoms with Crippen molar-refractivity contribution in [1.29, 1.82) is 0 Å². The summed E-state index contributed by atoms with van der Waals surface area (Å²) in [5, 5.41) is 127. The zero-order valence-electron chi connectivity index (χ0n) is 91.3. The number of benzene rings is 1. The van der Waals surface area contributed by atoms with Crippen LogP contribution >= 0.6 is 25.0 Å². The summed E-state index contributed by atoms with van der Waals surface area (Å²) in [6.07, 6.45) is 25.1. The molecule has 2 radical (unpaired) electrons. The summed E-state index contributed by atoms with van der Waals surface area (Å²) in [6, 6.07) is 9.18. The van der Waals surface area contributed by atoms with Crippen LogP contribution in [0.25, 0.3) is 0 Å². The number of Topliss-reactive ketones (excluding diaryl/α,β-unsaturated/α-hetero) is 1. The van der Waals surface area contributed by atoms with Crippen LogP contribution in [0.5, 0.6) is 0 Å². The molecule has 30 nitrogen and oxygen atoms in total. The summed E-state index contributed by atoms with van der Waals surface area (Å²) in [6.45, 7) is 74.5. The van der Waals surface area contributed by atoms with Crippen molar-refractivity contribution in [2.45, 2.75) is 552 Å². The Hall–Kier alpha value is -3.59. The molecule has 0 bridgehead atoms. The summed E-state index contributed by atoms with van der Waals surface area (Å²) in [7, 11) is 6.33. The maximum Gasteiger partial charge on any atom is 0.265 e. The molecule has 9 saturated heterocycles. The van der Waals surface area contributed by atoms with E-state index in [9.17, 15) is 66.0 Å². The largest absolute Gasteiger partial charge is 1.00 e. The third-order valence-corrected chi connectivity index (χ3v) is 31.3. The van der Waals surface area contributed by atoms with Crippen molar-refractivity contribution in [2.75, 3.05) is 5.33 Å². The number of alkyl halides is 1. The van der Waals surface area contributed by atoms with Gasteiger partial charge in [0.15, 0.2) is 6.54 Å². The molecule has 9 fully saturated rings. The van der Waals surface area contributed by atoms with E-state index in [4.69, 9.17) is 0 Å². The number of ketones is 1. The molecule has 1 unspecified atom stereocenters. The number of aryl methyl sites for hydroxylation is 1. The molecule has 9 aliphatic rings. The molecule has 0 saturated carbocycles. The highest BCUT2D eigenvalue weighted by Crippen LogP contribution is 2.50. The van der Waals surface area contributed by atoms with E-state index in [1.165, 1.54) is 46.6 Å². The average Bonchev–Trinajstić information content (AvgIpc) is 1.35. The first-order valence-corrected chi connectivity index (χ1v) is 51.8. The zero-order chi connectivity index (χ0) is 104. The lowest BCUT2D eigenvalue weighted by Crippen LogP contribution is -3.25. The van der Waals surface area contributed by atoms with Crippen LogP contribution in [0.4, 0.5) is 0 Å². The van der Waals surface area contributed by atoms with Crippen molar-refractivity contribution in [3.05, 3.63) is 114 Å². The first-order valence-electron chi connectivity index (χ1n) is 50.1. The molecular weight excluding hydrogens is 1880 g/mol. The van der Waals surface area contributed by atoms with Gasteiger partial charge < -0.3 is 124 Å². The van der Waals surface area contributed by atoms with E-state index in [1.54, 1.807) is 23.3 Å². The Bertz CT molecular complexity index is 4110. The van der Waals surface area contributed by atoms with Gasteiger partial charge in [0.05, 0.1) is 19.2 Å². The minimum absolute atomic E-state index is 0. The van der Waals surface area contributed by atoms with Gasteiger partial charge in [-0.05, 0) is 357 Å². The molecule has 1 atom stereocenters. The van der Waals surface area contributed by atoms with Crippen molar-refractivity contribution >= 4 is 56.1 Å². The molecule has 3 amide bonds. The van der Waals surface area contributed by atoms with Crippen LogP contribution in [-0.4, -0.2) is 259 Å². The molecule has 137 heavy (non-hydrogen) atoms. The molecule has 12 rings (SSSR count). The summed E-state index contributed by atoms with van der Waals surface area (Å²) in [4.78, 5) is 62.5. The van der Waals surface area contributed by atoms with Crippen LogP contribution in [0.15, 0.2) is 61.7 Å². The number of hydrogen-bond donors (Lipinski definition) is 3. The lowest BCUT2D eigenvalue weighted by molar-refractivity contribution is -1.16. The summed E-state index contributed by atoms with van der Waals surface area (Å²) >= 11 is 3.35. The van der Waals surface area contributed by atoms with Crippen LogP contribution in [0, 0.1) is 41.7 Å². The van der Waals surface area contributed by atoms with Gasteiger partial charge in [-0.2, -0.15) is 14.2 Å². The molecule has 0 spiro atoms. The normalized spacial score (nSPS) is 27.3. The smallest absolute Gasteiger partial charge is 0.265 e. The number of imidazole rings is 2. The fourth-order valence-electron chi connectivity index (χ4n) is 26.7. The second-order valence-electron chi connectivity index (χ2n) is 53.2. The molecule has 11 heterocycles. The molecule has 786 valence electrons. The minimum Gasteiger partial charge on any atom is -1.00 e. The number of carbonyl (C=O) groups is 4. The number of nitrogens with one attached hydrogen (secondary N) is 2. The number of hydroxylamine groups is 18. The maximum absolute atomic E-state index is 14.3. The van der Waals surface area contributed by atoms with E-state index in [0.29, 0.717) is 107 Å². The van der Waals surface area contributed by atoms with Crippen LogP contribution in [0.2, 0.25) is 0 Å². The van der Waals surface area contributed by atoms with Crippen LogP contribution < -0.4 is 31.9 Å². The van der Waals surface area contributed by atoms with Gasteiger partial charge in [-0.25, -0.2) is 19.3 Å². The van der Waals surface area contributed by atoms with E-state index in [1.807, 2.05) is 264 Å². The predicted octanol–water partition coefficient (Wildman–Crippen LogP) is 14.4. The van der Waals surface area contributed by atoms with Gasteiger partial charge in [-0.1, -0.05) is 53.5 Å². The van der Waals surface area contributed by atoms with Gasteiger partial charge in [0.1, 0.15) is 42.3 Å². The maximum atomic E-state index is 14.3. The fourth-order valence-corrected chi connectivity index (χ4v) is 26.9.